The zero-order chi connectivity index (χ0) is 11.5. The lowest BCUT2D eigenvalue weighted by atomic mass is 10.1. The van der Waals surface area contributed by atoms with E-state index in [4.69, 9.17) is 0 Å². The first-order valence-electron chi connectivity index (χ1n) is 5.33. The van der Waals surface area contributed by atoms with Crippen LogP contribution in [-0.4, -0.2) is 38.8 Å². The van der Waals surface area contributed by atoms with Crippen LogP contribution in [0.4, 0.5) is 0 Å². The van der Waals surface area contributed by atoms with Crippen molar-refractivity contribution in [3.8, 4) is 0 Å². The third-order valence-electron chi connectivity index (χ3n) is 2.21. The minimum Gasteiger partial charge on any atom is -0.389 e. The number of hydrogen-bond acceptors (Lipinski definition) is 3. The van der Waals surface area contributed by atoms with E-state index in [-0.39, 0.29) is 0 Å². The summed E-state index contributed by atoms with van der Waals surface area (Å²) < 4.78 is 2.11. The maximum absolute atomic E-state index is 9.67. The third kappa shape index (κ3) is 4.01. The Labute approximate surface area is 91.5 Å². The van der Waals surface area contributed by atoms with Gasteiger partial charge in [-0.05, 0) is 27.8 Å². The summed E-state index contributed by atoms with van der Waals surface area (Å²) in [7, 11) is 1.99. The number of rotatable bonds is 5. The van der Waals surface area contributed by atoms with Crippen molar-refractivity contribution >= 4 is 0 Å². The SMILES string of the molecule is CCn1ccnc1CN(C)CC(C)(C)O. The highest BCUT2D eigenvalue weighted by Crippen LogP contribution is 2.07. The van der Waals surface area contributed by atoms with Crippen molar-refractivity contribution in [2.75, 3.05) is 13.6 Å². The summed E-state index contributed by atoms with van der Waals surface area (Å²) in [6, 6.07) is 0. The van der Waals surface area contributed by atoms with E-state index in [0.717, 1.165) is 18.9 Å². The zero-order valence-corrected chi connectivity index (χ0v) is 10.1. The first kappa shape index (κ1) is 12.2. The number of aryl methyl sites for hydroxylation is 1. The molecule has 0 aliphatic rings. The van der Waals surface area contributed by atoms with E-state index in [0.29, 0.717) is 6.54 Å². The summed E-state index contributed by atoms with van der Waals surface area (Å²) in [4.78, 5) is 6.37. The molecule has 0 aliphatic carbocycles. The molecule has 0 bridgehead atoms. The molecule has 1 N–H and O–H groups in total. The molecule has 0 amide bonds. The number of imidazole rings is 1. The van der Waals surface area contributed by atoms with Crippen LogP contribution in [0.2, 0.25) is 0 Å². The quantitative estimate of drug-likeness (QED) is 0.793. The molecule has 1 aromatic heterocycles. The highest BCUT2D eigenvalue weighted by molar-refractivity contribution is 4.92. The largest absolute Gasteiger partial charge is 0.389 e. The Morgan fingerprint density at radius 1 is 1.53 bits per heavy atom. The molecule has 0 aromatic carbocycles. The molecule has 0 unspecified atom stereocenters. The van der Waals surface area contributed by atoms with E-state index in [9.17, 15) is 5.11 Å². The van der Waals surface area contributed by atoms with Gasteiger partial charge in [-0.2, -0.15) is 0 Å². The molecule has 0 atom stereocenters. The van der Waals surface area contributed by atoms with Crippen LogP contribution in [0.1, 0.15) is 26.6 Å². The molecule has 1 heterocycles. The minimum atomic E-state index is -0.654. The Kier molecular flexibility index (Phi) is 3.88. The van der Waals surface area contributed by atoms with Crippen LogP contribution in [0.3, 0.4) is 0 Å². The first-order valence-corrected chi connectivity index (χ1v) is 5.33. The maximum Gasteiger partial charge on any atom is 0.122 e. The molecule has 0 saturated carbocycles. The molecular formula is C11H21N3O. The highest BCUT2D eigenvalue weighted by atomic mass is 16.3. The van der Waals surface area contributed by atoms with Gasteiger partial charge in [0.2, 0.25) is 0 Å². The van der Waals surface area contributed by atoms with Crippen molar-refractivity contribution in [3.05, 3.63) is 18.2 Å². The molecular weight excluding hydrogens is 190 g/mol. The van der Waals surface area contributed by atoms with Gasteiger partial charge in [0.15, 0.2) is 0 Å². The summed E-state index contributed by atoms with van der Waals surface area (Å²) in [5.41, 5.74) is -0.654. The number of nitrogens with zero attached hydrogens (tertiary/aromatic N) is 3. The van der Waals surface area contributed by atoms with Crippen molar-refractivity contribution < 1.29 is 5.11 Å². The molecule has 4 heteroatoms. The molecule has 1 aromatic rings. The number of likely N-dealkylation sites (N-methyl/N-ethyl adjacent to an activating group) is 1. The predicted octanol–water partition coefficient (Wildman–Crippen LogP) is 1.11. The third-order valence-corrected chi connectivity index (χ3v) is 2.21. The average Bonchev–Trinajstić information content (AvgIpc) is 2.48. The zero-order valence-electron chi connectivity index (χ0n) is 10.1. The number of hydrogen-bond donors (Lipinski definition) is 1. The van der Waals surface area contributed by atoms with E-state index in [1.54, 1.807) is 0 Å². The van der Waals surface area contributed by atoms with Crippen molar-refractivity contribution in [1.82, 2.24) is 14.5 Å². The number of aliphatic hydroxyl groups is 1. The summed E-state index contributed by atoms with van der Waals surface area (Å²) in [6.45, 7) is 8.08. The molecule has 0 aliphatic heterocycles. The predicted molar refractivity (Wildman–Crippen MR) is 60.5 cm³/mol. The molecule has 4 nitrogen and oxygen atoms in total. The van der Waals surface area contributed by atoms with Crippen molar-refractivity contribution in [2.45, 2.75) is 39.5 Å². The van der Waals surface area contributed by atoms with Gasteiger partial charge in [-0.3, -0.25) is 4.90 Å². The normalized spacial score (nSPS) is 12.4. The van der Waals surface area contributed by atoms with Gasteiger partial charge in [0.25, 0.3) is 0 Å². The van der Waals surface area contributed by atoms with Gasteiger partial charge < -0.3 is 9.67 Å². The molecule has 86 valence electrons. The Balaban J connectivity index is 2.55. The lowest BCUT2D eigenvalue weighted by Crippen LogP contribution is -2.36. The van der Waals surface area contributed by atoms with Crippen LogP contribution in [0.15, 0.2) is 12.4 Å². The second kappa shape index (κ2) is 4.77. The fraction of sp³-hybridized carbons (Fsp3) is 0.727. The molecule has 0 spiro atoms. The summed E-state index contributed by atoms with van der Waals surface area (Å²) in [6.07, 6.45) is 3.80. The Bertz CT molecular complexity index is 301. The van der Waals surface area contributed by atoms with Gasteiger partial charge >= 0.3 is 0 Å². The smallest absolute Gasteiger partial charge is 0.122 e. The van der Waals surface area contributed by atoms with Crippen LogP contribution < -0.4 is 0 Å². The monoisotopic (exact) mass is 211 g/mol. The van der Waals surface area contributed by atoms with E-state index in [1.807, 2.05) is 33.3 Å². The summed E-state index contributed by atoms with van der Waals surface area (Å²) >= 11 is 0. The average molecular weight is 211 g/mol. The van der Waals surface area contributed by atoms with Crippen LogP contribution >= 0.6 is 0 Å². The van der Waals surface area contributed by atoms with Crippen LogP contribution in [0, 0.1) is 0 Å². The minimum absolute atomic E-state index is 0.642. The molecule has 0 fully saturated rings. The van der Waals surface area contributed by atoms with Crippen molar-refractivity contribution in [3.63, 3.8) is 0 Å². The second-order valence-corrected chi connectivity index (χ2v) is 4.61. The Morgan fingerprint density at radius 2 is 2.20 bits per heavy atom. The highest BCUT2D eigenvalue weighted by Gasteiger charge is 2.16. The van der Waals surface area contributed by atoms with Crippen LogP contribution in [0.25, 0.3) is 0 Å². The summed E-state index contributed by atoms with van der Waals surface area (Å²) in [5.74, 6) is 1.05. The molecule has 0 saturated heterocycles. The van der Waals surface area contributed by atoms with Crippen LogP contribution in [-0.2, 0) is 13.1 Å². The van der Waals surface area contributed by atoms with Gasteiger partial charge in [-0.1, -0.05) is 0 Å². The molecule has 0 radical (unpaired) electrons. The standard InChI is InChI=1S/C11H21N3O/c1-5-14-7-6-12-10(14)8-13(4)9-11(2,3)15/h6-7,15H,5,8-9H2,1-4H3. The molecule has 1 rings (SSSR count). The first-order chi connectivity index (χ1) is 6.92. The molecule has 15 heavy (non-hydrogen) atoms. The fourth-order valence-corrected chi connectivity index (χ4v) is 1.74. The van der Waals surface area contributed by atoms with E-state index >= 15 is 0 Å². The van der Waals surface area contributed by atoms with E-state index in [2.05, 4.69) is 21.4 Å². The topological polar surface area (TPSA) is 41.3 Å². The lowest BCUT2D eigenvalue weighted by molar-refractivity contribution is 0.0415. The van der Waals surface area contributed by atoms with Crippen LogP contribution in [0.5, 0.6) is 0 Å². The van der Waals surface area contributed by atoms with Gasteiger partial charge in [0.1, 0.15) is 5.82 Å². The fourth-order valence-electron chi connectivity index (χ4n) is 1.74. The van der Waals surface area contributed by atoms with Gasteiger partial charge in [0.05, 0.1) is 12.1 Å². The van der Waals surface area contributed by atoms with Gasteiger partial charge in [0, 0.05) is 25.5 Å². The van der Waals surface area contributed by atoms with Crippen molar-refractivity contribution in [1.29, 1.82) is 0 Å². The second-order valence-electron chi connectivity index (χ2n) is 4.61. The van der Waals surface area contributed by atoms with Gasteiger partial charge in [-0.25, -0.2) is 4.98 Å². The maximum atomic E-state index is 9.67. The Morgan fingerprint density at radius 3 is 2.73 bits per heavy atom. The number of aromatic nitrogens is 2. The Hall–Kier alpha value is -0.870. The lowest BCUT2D eigenvalue weighted by Gasteiger charge is -2.25. The van der Waals surface area contributed by atoms with E-state index in [1.165, 1.54) is 0 Å². The summed E-state index contributed by atoms with van der Waals surface area (Å²) in [5, 5.41) is 9.67. The van der Waals surface area contributed by atoms with Gasteiger partial charge in [-0.15, -0.1) is 0 Å². The van der Waals surface area contributed by atoms with Crippen molar-refractivity contribution in [2.24, 2.45) is 0 Å². The van der Waals surface area contributed by atoms with E-state index < -0.39 is 5.60 Å².